The number of aryl methyl sites for hydroxylation is 1. The smallest absolute Gasteiger partial charge is 0.224 e. The van der Waals surface area contributed by atoms with Gasteiger partial charge in [0.2, 0.25) is 5.91 Å². The molecule has 2 aromatic rings. The van der Waals surface area contributed by atoms with E-state index in [0.29, 0.717) is 6.42 Å². The summed E-state index contributed by atoms with van der Waals surface area (Å²) >= 11 is 0. The maximum atomic E-state index is 11.4. The Morgan fingerprint density at radius 2 is 2.27 bits per heavy atom. The van der Waals surface area contributed by atoms with Crippen LogP contribution in [0.4, 0.5) is 0 Å². The first-order valence-corrected chi connectivity index (χ1v) is 4.98. The van der Waals surface area contributed by atoms with E-state index in [2.05, 4.69) is 5.32 Å². The summed E-state index contributed by atoms with van der Waals surface area (Å²) in [6.45, 7) is 2.03. The van der Waals surface area contributed by atoms with Crippen molar-refractivity contribution < 1.29 is 4.79 Å². The number of pyridine rings is 1. The maximum absolute atomic E-state index is 11.4. The highest BCUT2D eigenvalue weighted by molar-refractivity contribution is 5.81. The van der Waals surface area contributed by atoms with E-state index < -0.39 is 0 Å². The van der Waals surface area contributed by atoms with Crippen LogP contribution in [0, 0.1) is 6.92 Å². The van der Waals surface area contributed by atoms with Crippen molar-refractivity contribution in [1.82, 2.24) is 9.72 Å². The molecule has 78 valence electrons. The standard InChI is InChI=1S/C12H14N2O/c1-9-8-14-6-4-3-5-11(14)10(9)7-12(15)13-2/h3-6,8H,7H2,1-2H3,(H,13,15). The Labute approximate surface area is 88.7 Å². The summed E-state index contributed by atoms with van der Waals surface area (Å²) in [5, 5.41) is 2.65. The van der Waals surface area contributed by atoms with Crippen molar-refractivity contribution in [3.63, 3.8) is 0 Å². The second-order valence-electron chi connectivity index (χ2n) is 3.63. The molecule has 0 saturated carbocycles. The number of hydrogen-bond donors (Lipinski definition) is 1. The highest BCUT2D eigenvalue weighted by Gasteiger charge is 2.09. The summed E-state index contributed by atoms with van der Waals surface area (Å²) in [4.78, 5) is 11.4. The number of hydrogen-bond acceptors (Lipinski definition) is 1. The number of nitrogens with one attached hydrogen (secondary N) is 1. The monoisotopic (exact) mass is 202 g/mol. The fraction of sp³-hybridized carbons (Fsp3) is 0.250. The maximum Gasteiger partial charge on any atom is 0.224 e. The van der Waals surface area contributed by atoms with E-state index in [9.17, 15) is 4.79 Å². The summed E-state index contributed by atoms with van der Waals surface area (Å²) in [5.74, 6) is 0.0510. The average Bonchev–Trinajstić information content (AvgIpc) is 2.55. The molecular formula is C12H14N2O. The molecule has 0 aliphatic carbocycles. The van der Waals surface area contributed by atoms with Crippen molar-refractivity contribution in [2.75, 3.05) is 7.05 Å². The van der Waals surface area contributed by atoms with Gasteiger partial charge in [-0.2, -0.15) is 0 Å². The van der Waals surface area contributed by atoms with Crippen LogP contribution in [0.1, 0.15) is 11.1 Å². The Morgan fingerprint density at radius 3 is 3.00 bits per heavy atom. The molecule has 0 atom stereocenters. The van der Waals surface area contributed by atoms with Gasteiger partial charge in [-0.3, -0.25) is 4.79 Å². The molecule has 3 nitrogen and oxygen atoms in total. The SMILES string of the molecule is CNC(=O)Cc1c(C)cn2ccccc12. The minimum absolute atomic E-state index is 0.0510. The molecule has 2 heterocycles. The summed E-state index contributed by atoms with van der Waals surface area (Å²) in [7, 11) is 1.66. The van der Waals surface area contributed by atoms with Crippen LogP contribution in [-0.4, -0.2) is 17.4 Å². The number of nitrogens with zero attached hydrogens (tertiary/aromatic N) is 1. The number of rotatable bonds is 2. The third kappa shape index (κ3) is 1.73. The van der Waals surface area contributed by atoms with Gasteiger partial charge in [-0.1, -0.05) is 6.07 Å². The van der Waals surface area contributed by atoms with Crippen LogP contribution in [0.25, 0.3) is 5.52 Å². The van der Waals surface area contributed by atoms with Gasteiger partial charge in [0.15, 0.2) is 0 Å². The van der Waals surface area contributed by atoms with Gasteiger partial charge in [-0.15, -0.1) is 0 Å². The molecule has 0 fully saturated rings. The van der Waals surface area contributed by atoms with Crippen LogP contribution in [0.2, 0.25) is 0 Å². The van der Waals surface area contributed by atoms with Crippen molar-refractivity contribution in [3.8, 4) is 0 Å². The molecular weight excluding hydrogens is 188 g/mol. The molecule has 2 rings (SSSR count). The third-order valence-electron chi connectivity index (χ3n) is 2.62. The first-order chi connectivity index (χ1) is 7.22. The van der Waals surface area contributed by atoms with E-state index in [1.807, 2.05) is 41.9 Å². The van der Waals surface area contributed by atoms with Gasteiger partial charge >= 0.3 is 0 Å². The van der Waals surface area contributed by atoms with Crippen molar-refractivity contribution >= 4 is 11.4 Å². The predicted molar refractivity (Wildman–Crippen MR) is 59.9 cm³/mol. The Hall–Kier alpha value is -1.77. The fourth-order valence-electron chi connectivity index (χ4n) is 1.79. The molecule has 2 aromatic heterocycles. The van der Waals surface area contributed by atoms with Gasteiger partial charge in [-0.25, -0.2) is 0 Å². The second-order valence-corrected chi connectivity index (χ2v) is 3.63. The number of carbonyl (C=O) groups excluding carboxylic acids is 1. The fourth-order valence-corrected chi connectivity index (χ4v) is 1.79. The molecule has 0 aromatic carbocycles. The normalized spacial score (nSPS) is 10.5. The average molecular weight is 202 g/mol. The lowest BCUT2D eigenvalue weighted by atomic mass is 10.1. The molecule has 0 radical (unpaired) electrons. The Bertz CT molecular complexity index is 499. The van der Waals surface area contributed by atoms with E-state index >= 15 is 0 Å². The molecule has 1 amide bonds. The summed E-state index contributed by atoms with van der Waals surface area (Å²) in [6, 6.07) is 6.00. The van der Waals surface area contributed by atoms with Gasteiger partial charge < -0.3 is 9.72 Å². The number of fused-ring (bicyclic) bond motifs is 1. The number of carbonyl (C=O) groups is 1. The molecule has 0 bridgehead atoms. The molecule has 1 N–H and O–H groups in total. The lowest BCUT2D eigenvalue weighted by molar-refractivity contribution is -0.119. The van der Waals surface area contributed by atoms with Crippen molar-refractivity contribution in [3.05, 3.63) is 41.7 Å². The van der Waals surface area contributed by atoms with Crippen LogP contribution >= 0.6 is 0 Å². The van der Waals surface area contributed by atoms with E-state index in [4.69, 9.17) is 0 Å². The van der Waals surface area contributed by atoms with Crippen molar-refractivity contribution in [1.29, 1.82) is 0 Å². The highest BCUT2D eigenvalue weighted by atomic mass is 16.1. The number of likely N-dealkylation sites (N-methyl/N-ethyl adjacent to an activating group) is 1. The zero-order valence-corrected chi connectivity index (χ0v) is 8.95. The van der Waals surface area contributed by atoms with Gasteiger partial charge in [0.25, 0.3) is 0 Å². The molecule has 0 saturated heterocycles. The quantitative estimate of drug-likeness (QED) is 0.787. The molecule has 0 unspecified atom stereocenters. The Kier molecular flexibility index (Phi) is 2.46. The molecule has 0 aliphatic heterocycles. The molecule has 0 aliphatic rings. The van der Waals surface area contributed by atoms with Crippen molar-refractivity contribution in [2.45, 2.75) is 13.3 Å². The number of amides is 1. The summed E-state index contributed by atoms with van der Waals surface area (Å²) in [5.41, 5.74) is 3.37. The first kappa shape index (κ1) is 9.77. The lowest BCUT2D eigenvalue weighted by Gasteiger charge is -2.00. The minimum Gasteiger partial charge on any atom is -0.359 e. The number of aromatic nitrogens is 1. The lowest BCUT2D eigenvalue weighted by Crippen LogP contribution is -2.20. The van der Waals surface area contributed by atoms with Gasteiger partial charge in [0, 0.05) is 25.0 Å². The zero-order valence-electron chi connectivity index (χ0n) is 8.95. The summed E-state index contributed by atoms with van der Waals surface area (Å²) in [6.07, 6.45) is 4.49. The van der Waals surface area contributed by atoms with E-state index in [1.165, 1.54) is 0 Å². The molecule has 15 heavy (non-hydrogen) atoms. The van der Waals surface area contributed by atoms with Crippen LogP contribution in [0.15, 0.2) is 30.6 Å². The third-order valence-corrected chi connectivity index (χ3v) is 2.62. The molecule has 0 spiro atoms. The van der Waals surface area contributed by atoms with Gasteiger partial charge in [-0.05, 0) is 30.2 Å². The van der Waals surface area contributed by atoms with Crippen LogP contribution < -0.4 is 5.32 Å². The van der Waals surface area contributed by atoms with Crippen LogP contribution in [0.5, 0.6) is 0 Å². The van der Waals surface area contributed by atoms with Gasteiger partial charge in [0.1, 0.15) is 0 Å². The topological polar surface area (TPSA) is 33.5 Å². The van der Waals surface area contributed by atoms with Crippen molar-refractivity contribution in [2.24, 2.45) is 0 Å². The van der Waals surface area contributed by atoms with E-state index in [-0.39, 0.29) is 5.91 Å². The Balaban J connectivity index is 2.49. The van der Waals surface area contributed by atoms with E-state index in [0.717, 1.165) is 16.6 Å². The Morgan fingerprint density at radius 1 is 1.47 bits per heavy atom. The minimum atomic E-state index is 0.0510. The summed E-state index contributed by atoms with van der Waals surface area (Å²) < 4.78 is 2.05. The van der Waals surface area contributed by atoms with Gasteiger partial charge in [0.05, 0.1) is 6.42 Å². The zero-order chi connectivity index (χ0) is 10.8. The largest absolute Gasteiger partial charge is 0.359 e. The highest BCUT2D eigenvalue weighted by Crippen LogP contribution is 2.18. The predicted octanol–water partition coefficient (Wildman–Crippen LogP) is 1.54. The second kappa shape index (κ2) is 3.77. The first-order valence-electron chi connectivity index (χ1n) is 4.98. The van der Waals surface area contributed by atoms with Crippen LogP contribution in [-0.2, 0) is 11.2 Å². The van der Waals surface area contributed by atoms with Crippen LogP contribution in [0.3, 0.4) is 0 Å². The molecule has 3 heteroatoms. The van der Waals surface area contributed by atoms with E-state index in [1.54, 1.807) is 7.05 Å².